The largest absolute Gasteiger partial charge is 0.416 e. The van der Waals surface area contributed by atoms with Gasteiger partial charge in [-0.05, 0) is 24.6 Å². The molecule has 0 aliphatic carbocycles. The van der Waals surface area contributed by atoms with E-state index in [9.17, 15) is 13.2 Å². The van der Waals surface area contributed by atoms with Crippen LogP contribution in [0.3, 0.4) is 0 Å². The number of benzene rings is 1. The number of aliphatic hydroxyl groups is 1. The number of aromatic nitrogens is 2. The number of fused-ring (bicyclic) bond motifs is 1. The zero-order valence-electron chi connectivity index (χ0n) is 8.91. The molecular formula is C11H11F3N2O. The molecule has 0 radical (unpaired) electrons. The first-order chi connectivity index (χ1) is 8.02. The number of hydrogen-bond acceptors (Lipinski definition) is 2. The third kappa shape index (κ3) is 2.41. The van der Waals surface area contributed by atoms with Crippen LogP contribution in [0.2, 0.25) is 0 Å². The molecule has 6 heteroatoms. The van der Waals surface area contributed by atoms with Crippen molar-refractivity contribution in [3.8, 4) is 0 Å². The van der Waals surface area contributed by atoms with E-state index in [1.54, 1.807) is 4.57 Å². The molecule has 1 heterocycles. The molecule has 0 aliphatic rings. The van der Waals surface area contributed by atoms with Gasteiger partial charge in [-0.15, -0.1) is 0 Å². The first kappa shape index (κ1) is 11.9. The van der Waals surface area contributed by atoms with Crippen LogP contribution in [0.15, 0.2) is 24.5 Å². The fourth-order valence-electron chi connectivity index (χ4n) is 1.66. The lowest BCUT2D eigenvalue weighted by molar-refractivity contribution is -0.137. The predicted molar refractivity (Wildman–Crippen MR) is 56.4 cm³/mol. The molecule has 0 saturated heterocycles. The minimum atomic E-state index is -4.34. The van der Waals surface area contributed by atoms with Crippen molar-refractivity contribution >= 4 is 11.0 Å². The molecular weight excluding hydrogens is 233 g/mol. The number of nitrogens with zero attached hydrogens (tertiary/aromatic N) is 2. The average molecular weight is 244 g/mol. The molecule has 17 heavy (non-hydrogen) atoms. The highest BCUT2D eigenvalue weighted by Gasteiger charge is 2.30. The molecule has 0 unspecified atom stereocenters. The van der Waals surface area contributed by atoms with Gasteiger partial charge in [-0.3, -0.25) is 0 Å². The smallest absolute Gasteiger partial charge is 0.396 e. The van der Waals surface area contributed by atoms with E-state index in [-0.39, 0.29) is 6.61 Å². The Hall–Kier alpha value is -1.56. The Morgan fingerprint density at radius 3 is 2.71 bits per heavy atom. The van der Waals surface area contributed by atoms with E-state index in [1.165, 1.54) is 12.4 Å². The minimum Gasteiger partial charge on any atom is -0.396 e. The van der Waals surface area contributed by atoms with Crippen LogP contribution < -0.4 is 0 Å². The van der Waals surface area contributed by atoms with Gasteiger partial charge in [0.1, 0.15) is 0 Å². The van der Waals surface area contributed by atoms with Crippen molar-refractivity contribution in [1.29, 1.82) is 0 Å². The Balaban J connectivity index is 2.38. The number of rotatable bonds is 3. The summed E-state index contributed by atoms with van der Waals surface area (Å²) in [5, 5.41) is 8.71. The molecule has 2 aromatic rings. The molecule has 0 atom stereocenters. The summed E-state index contributed by atoms with van der Waals surface area (Å²) >= 11 is 0. The topological polar surface area (TPSA) is 38.0 Å². The summed E-state index contributed by atoms with van der Waals surface area (Å²) in [6, 6.07) is 3.48. The maximum Gasteiger partial charge on any atom is 0.416 e. The lowest BCUT2D eigenvalue weighted by Gasteiger charge is -2.06. The van der Waals surface area contributed by atoms with Crippen molar-refractivity contribution in [3.63, 3.8) is 0 Å². The monoisotopic (exact) mass is 244 g/mol. The van der Waals surface area contributed by atoms with Gasteiger partial charge in [0.15, 0.2) is 0 Å². The van der Waals surface area contributed by atoms with Gasteiger partial charge in [0.2, 0.25) is 0 Å². The number of imidazole rings is 1. The zero-order chi connectivity index (χ0) is 12.5. The SMILES string of the molecule is OCCCn1cnc2cc(C(F)(F)F)ccc21. The molecule has 0 bridgehead atoms. The number of aliphatic hydroxyl groups excluding tert-OH is 1. The highest BCUT2D eigenvalue weighted by atomic mass is 19.4. The normalized spacial score (nSPS) is 12.2. The van der Waals surface area contributed by atoms with Crippen LogP contribution in [0.4, 0.5) is 13.2 Å². The molecule has 3 nitrogen and oxygen atoms in total. The third-order valence-electron chi connectivity index (χ3n) is 2.51. The van der Waals surface area contributed by atoms with E-state index in [1.807, 2.05) is 0 Å². The van der Waals surface area contributed by atoms with Crippen LogP contribution in [0.5, 0.6) is 0 Å². The van der Waals surface area contributed by atoms with Gasteiger partial charge >= 0.3 is 6.18 Å². The van der Waals surface area contributed by atoms with Crippen LogP contribution in [0, 0.1) is 0 Å². The fraction of sp³-hybridized carbons (Fsp3) is 0.364. The Kier molecular flexibility index (Phi) is 3.06. The Morgan fingerprint density at radius 2 is 2.06 bits per heavy atom. The van der Waals surface area contributed by atoms with Crippen LogP contribution >= 0.6 is 0 Å². The molecule has 0 saturated carbocycles. The average Bonchev–Trinajstić information content (AvgIpc) is 2.67. The van der Waals surface area contributed by atoms with Gasteiger partial charge in [-0.1, -0.05) is 0 Å². The van der Waals surface area contributed by atoms with Crippen LogP contribution in [0.25, 0.3) is 11.0 Å². The van der Waals surface area contributed by atoms with E-state index >= 15 is 0 Å². The van der Waals surface area contributed by atoms with E-state index in [0.29, 0.717) is 24.0 Å². The zero-order valence-corrected chi connectivity index (χ0v) is 8.91. The summed E-state index contributed by atoms with van der Waals surface area (Å²) in [6.45, 7) is 0.582. The van der Waals surface area contributed by atoms with Crippen molar-refractivity contribution in [2.75, 3.05) is 6.61 Å². The highest BCUT2D eigenvalue weighted by Crippen LogP contribution is 2.31. The standard InChI is InChI=1S/C11H11F3N2O/c12-11(13,14)8-2-3-10-9(6-8)15-7-16(10)4-1-5-17/h2-3,6-7,17H,1,4-5H2. The molecule has 1 N–H and O–H groups in total. The molecule has 0 fully saturated rings. The Morgan fingerprint density at radius 1 is 1.29 bits per heavy atom. The van der Waals surface area contributed by atoms with E-state index in [4.69, 9.17) is 5.11 Å². The van der Waals surface area contributed by atoms with Gasteiger partial charge < -0.3 is 9.67 Å². The summed E-state index contributed by atoms with van der Waals surface area (Å²) in [5.74, 6) is 0. The van der Waals surface area contributed by atoms with Crippen molar-refractivity contribution in [3.05, 3.63) is 30.1 Å². The predicted octanol–water partition coefficient (Wildman–Crippen LogP) is 2.44. The van der Waals surface area contributed by atoms with E-state index in [0.717, 1.165) is 12.1 Å². The first-order valence-corrected chi connectivity index (χ1v) is 5.15. The molecule has 0 spiro atoms. The molecule has 0 amide bonds. The lowest BCUT2D eigenvalue weighted by Crippen LogP contribution is -2.04. The van der Waals surface area contributed by atoms with Crippen LogP contribution in [-0.2, 0) is 12.7 Å². The Bertz CT molecular complexity index is 519. The number of halogens is 3. The van der Waals surface area contributed by atoms with Gasteiger partial charge in [0.05, 0.1) is 22.9 Å². The molecule has 1 aromatic heterocycles. The van der Waals surface area contributed by atoms with E-state index in [2.05, 4.69) is 4.98 Å². The maximum absolute atomic E-state index is 12.5. The first-order valence-electron chi connectivity index (χ1n) is 5.15. The molecule has 92 valence electrons. The fourth-order valence-corrected chi connectivity index (χ4v) is 1.66. The van der Waals surface area contributed by atoms with Crippen molar-refractivity contribution < 1.29 is 18.3 Å². The summed E-state index contributed by atoms with van der Waals surface area (Å²) in [7, 11) is 0. The Labute approximate surface area is 95.5 Å². The number of aryl methyl sites for hydroxylation is 1. The molecule has 2 rings (SSSR count). The number of alkyl halides is 3. The second-order valence-electron chi connectivity index (χ2n) is 3.72. The second-order valence-corrected chi connectivity index (χ2v) is 3.72. The van der Waals surface area contributed by atoms with Gasteiger partial charge in [-0.2, -0.15) is 13.2 Å². The number of hydrogen-bond donors (Lipinski definition) is 1. The van der Waals surface area contributed by atoms with Crippen LogP contribution in [0.1, 0.15) is 12.0 Å². The molecule has 1 aromatic carbocycles. The van der Waals surface area contributed by atoms with Gasteiger partial charge in [-0.25, -0.2) is 4.98 Å². The van der Waals surface area contributed by atoms with Crippen molar-refractivity contribution in [1.82, 2.24) is 9.55 Å². The summed E-state index contributed by atoms with van der Waals surface area (Å²) in [6.07, 6.45) is -2.31. The lowest BCUT2D eigenvalue weighted by atomic mass is 10.2. The third-order valence-corrected chi connectivity index (χ3v) is 2.51. The van der Waals surface area contributed by atoms with Crippen molar-refractivity contribution in [2.45, 2.75) is 19.1 Å². The van der Waals surface area contributed by atoms with Gasteiger partial charge in [0, 0.05) is 13.2 Å². The maximum atomic E-state index is 12.5. The van der Waals surface area contributed by atoms with Crippen molar-refractivity contribution in [2.24, 2.45) is 0 Å². The molecule has 0 aliphatic heterocycles. The quantitative estimate of drug-likeness (QED) is 0.900. The summed E-state index contributed by atoms with van der Waals surface area (Å²) in [5.41, 5.74) is 0.265. The second kappa shape index (κ2) is 4.37. The van der Waals surface area contributed by atoms with E-state index < -0.39 is 11.7 Å². The van der Waals surface area contributed by atoms with Gasteiger partial charge in [0.25, 0.3) is 0 Å². The highest BCUT2D eigenvalue weighted by molar-refractivity contribution is 5.76. The summed E-state index contributed by atoms with van der Waals surface area (Å²) < 4.78 is 39.1. The van der Waals surface area contributed by atoms with Crippen LogP contribution in [-0.4, -0.2) is 21.3 Å². The minimum absolute atomic E-state index is 0.0420. The summed E-state index contributed by atoms with van der Waals surface area (Å²) in [4.78, 5) is 3.93.